The van der Waals surface area contributed by atoms with Crippen LogP contribution >= 0.6 is 0 Å². The molecule has 3 rings (SSSR count). The monoisotopic (exact) mass is 247 g/mol. The molecule has 0 saturated carbocycles. The molecular formula is C12H13N3O3. The summed E-state index contributed by atoms with van der Waals surface area (Å²) in [6.45, 7) is 1.18. The maximum atomic E-state index is 12.0. The second-order valence-corrected chi connectivity index (χ2v) is 4.44. The zero-order valence-electron chi connectivity index (χ0n) is 9.67. The molecule has 2 amide bonds. The maximum absolute atomic E-state index is 12.0. The molecule has 1 fully saturated rings. The van der Waals surface area contributed by atoms with E-state index in [9.17, 15) is 9.59 Å². The van der Waals surface area contributed by atoms with Crippen LogP contribution in [0.5, 0.6) is 0 Å². The van der Waals surface area contributed by atoms with Gasteiger partial charge in [-0.15, -0.1) is 0 Å². The summed E-state index contributed by atoms with van der Waals surface area (Å²) in [6.07, 6.45) is -0.971. The van der Waals surface area contributed by atoms with Crippen LogP contribution in [0.2, 0.25) is 0 Å². The molecule has 1 aromatic carbocycles. The molecule has 18 heavy (non-hydrogen) atoms. The lowest BCUT2D eigenvalue weighted by molar-refractivity contribution is -0.118. The molecule has 1 saturated heterocycles. The molecule has 1 atom stereocenters. The molecule has 2 aliphatic heterocycles. The number of piperazine rings is 1. The molecule has 94 valence electrons. The van der Waals surface area contributed by atoms with Gasteiger partial charge in [-0.2, -0.15) is 0 Å². The molecule has 2 heterocycles. The van der Waals surface area contributed by atoms with Crippen LogP contribution in [0.25, 0.3) is 0 Å². The topological polar surface area (TPSA) is 72.9 Å². The summed E-state index contributed by atoms with van der Waals surface area (Å²) in [4.78, 5) is 26.2. The van der Waals surface area contributed by atoms with Gasteiger partial charge in [-0.3, -0.25) is 4.79 Å². The SMILES string of the molecule is O=C1Nc2ccccc2N2CCN(C(=O)O)CC12. The fraction of sp³-hybridized carbons (Fsp3) is 0.333. The zero-order valence-corrected chi connectivity index (χ0v) is 9.67. The highest BCUT2D eigenvalue weighted by atomic mass is 16.4. The Morgan fingerprint density at radius 1 is 1.33 bits per heavy atom. The number of carboxylic acid groups (broad SMARTS) is 1. The van der Waals surface area contributed by atoms with E-state index in [0.717, 1.165) is 11.4 Å². The third-order valence-electron chi connectivity index (χ3n) is 3.42. The molecule has 1 unspecified atom stereocenters. The molecule has 2 aliphatic rings. The standard InChI is InChI=1S/C12H13N3O3/c16-11-10-7-14(12(17)18)5-6-15(10)9-4-2-1-3-8(9)13-11/h1-4,10H,5-7H2,(H,13,16)(H,17,18). The Balaban J connectivity index is 1.93. The number of benzene rings is 1. The Kier molecular flexibility index (Phi) is 2.36. The van der Waals surface area contributed by atoms with Crippen molar-refractivity contribution in [3.8, 4) is 0 Å². The van der Waals surface area contributed by atoms with Crippen molar-refractivity contribution in [1.82, 2.24) is 4.90 Å². The molecule has 0 aliphatic carbocycles. The fourth-order valence-corrected chi connectivity index (χ4v) is 2.52. The molecule has 6 nitrogen and oxygen atoms in total. The van der Waals surface area contributed by atoms with Crippen LogP contribution in [-0.4, -0.2) is 47.7 Å². The molecular weight excluding hydrogens is 234 g/mol. The second kappa shape index (κ2) is 3.90. The van der Waals surface area contributed by atoms with Crippen LogP contribution in [0.1, 0.15) is 0 Å². The van der Waals surface area contributed by atoms with E-state index in [1.165, 1.54) is 4.90 Å². The van der Waals surface area contributed by atoms with Crippen molar-refractivity contribution in [3.05, 3.63) is 24.3 Å². The van der Waals surface area contributed by atoms with E-state index in [-0.39, 0.29) is 12.5 Å². The normalized spacial score (nSPS) is 22.0. The van der Waals surface area contributed by atoms with Gasteiger partial charge in [0.15, 0.2) is 0 Å². The Morgan fingerprint density at radius 2 is 2.11 bits per heavy atom. The predicted molar refractivity (Wildman–Crippen MR) is 65.8 cm³/mol. The highest BCUT2D eigenvalue weighted by molar-refractivity contribution is 6.04. The highest BCUT2D eigenvalue weighted by Crippen LogP contribution is 2.33. The van der Waals surface area contributed by atoms with Gasteiger partial charge in [0.05, 0.1) is 17.9 Å². The number of anilines is 2. The van der Waals surface area contributed by atoms with Gasteiger partial charge in [0.2, 0.25) is 5.91 Å². The van der Waals surface area contributed by atoms with E-state index in [1.807, 2.05) is 29.2 Å². The van der Waals surface area contributed by atoms with Crippen molar-refractivity contribution < 1.29 is 14.7 Å². The van der Waals surface area contributed by atoms with Crippen molar-refractivity contribution in [3.63, 3.8) is 0 Å². The van der Waals surface area contributed by atoms with Gasteiger partial charge in [0.25, 0.3) is 0 Å². The number of nitrogens with zero attached hydrogens (tertiary/aromatic N) is 2. The van der Waals surface area contributed by atoms with Crippen molar-refractivity contribution in [2.45, 2.75) is 6.04 Å². The zero-order chi connectivity index (χ0) is 12.7. The van der Waals surface area contributed by atoms with E-state index in [4.69, 9.17) is 5.11 Å². The van der Waals surface area contributed by atoms with Crippen LogP contribution < -0.4 is 10.2 Å². The molecule has 0 spiro atoms. The smallest absolute Gasteiger partial charge is 0.407 e. The van der Waals surface area contributed by atoms with E-state index in [2.05, 4.69) is 5.32 Å². The number of hydrogen-bond donors (Lipinski definition) is 2. The second-order valence-electron chi connectivity index (χ2n) is 4.44. The van der Waals surface area contributed by atoms with Crippen molar-refractivity contribution in [2.24, 2.45) is 0 Å². The van der Waals surface area contributed by atoms with Gasteiger partial charge in [-0.25, -0.2) is 4.79 Å². The first-order chi connectivity index (χ1) is 8.66. The van der Waals surface area contributed by atoms with E-state index >= 15 is 0 Å². The Hall–Kier alpha value is -2.24. The quantitative estimate of drug-likeness (QED) is 0.711. The van der Waals surface area contributed by atoms with Gasteiger partial charge >= 0.3 is 6.09 Å². The number of carbonyl (C=O) groups excluding carboxylic acids is 1. The third-order valence-corrected chi connectivity index (χ3v) is 3.42. The summed E-state index contributed by atoms with van der Waals surface area (Å²) >= 11 is 0. The molecule has 0 aromatic heterocycles. The van der Waals surface area contributed by atoms with Crippen LogP contribution in [0.3, 0.4) is 0 Å². The van der Waals surface area contributed by atoms with Crippen LogP contribution in [0, 0.1) is 0 Å². The Labute approximate surface area is 104 Å². The van der Waals surface area contributed by atoms with Crippen molar-refractivity contribution in [1.29, 1.82) is 0 Å². The number of nitrogens with one attached hydrogen (secondary N) is 1. The summed E-state index contributed by atoms with van der Waals surface area (Å²) in [5, 5.41) is 11.8. The van der Waals surface area contributed by atoms with Gasteiger partial charge in [-0.05, 0) is 12.1 Å². The fourth-order valence-electron chi connectivity index (χ4n) is 2.52. The summed E-state index contributed by atoms with van der Waals surface area (Å²) in [6, 6.07) is 7.15. The van der Waals surface area contributed by atoms with Crippen molar-refractivity contribution >= 4 is 23.4 Å². The Bertz CT molecular complexity index is 517. The van der Waals surface area contributed by atoms with Crippen LogP contribution in [0.15, 0.2) is 24.3 Å². The first-order valence-electron chi connectivity index (χ1n) is 5.81. The lowest BCUT2D eigenvalue weighted by Crippen LogP contribution is -2.60. The number of hydrogen-bond acceptors (Lipinski definition) is 3. The van der Waals surface area contributed by atoms with Gasteiger partial charge in [0, 0.05) is 13.1 Å². The van der Waals surface area contributed by atoms with E-state index < -0.39 is 12.1 Å². The summed E-state index contributed by atoms with van der Waals surface area (Å²) in [5.74, 6) is -0.139. The minimum Gasteiger partial charge on any atom is -0.465 e. The van der Waals surface area contributed by atoms with Gasteiger partial charge in [0.1, 0.15) is 6.04 Å². The largest absolute Gasteiger partial charge is 0.465 e. The Morgan fingerprint density at radius 3 is 2.89 bits per heavy atom. The number of amides is 2. The lowest BCUT2D eigenvalue weighted by atomic mass is 10.1. The molecule has 2 N–H and O–H groups in total. The van der Waals surface area contributed by atoms with Crippen molar-refractivity contribution in [2.75, 3.05) is 29.9 Å². The maximum Gasteiger partial charge on any atom is 0.407 e. The molecule has 0 bridgehead atoms. The van der Waals surface area contributed by atoms with Crippen LogP contribution in [-0.2, 0) is 4.79 Å². The average molecular weight is 247 g/mol. The summed E-state index contributed by atoms with van der Waals surface area (Å²) in [7, 11) is 0. The molecule has 1 aromatic rings. The first-order valence-corrected chi connectivity index (χ1v) is 5.81. The van der Waals surface area contributed by atoms with Gasteiger partial charge < -0.3 is 20.2 Å². The molecule has 6 heteroatoms. The predicted octanol–water partition coefficient (Wildman–Crippen LogP) is 0.807. The average Bonchev–Trinajstić information content (AvgIpc) is 2.38. The number of fused-ring (bicyclic) bond motifs is 3. The van der Waals surface area contributed by atoms with Crippen LogP contribution in [0.4, 0.5) is 16.2 Å². The van der Waals surface area contributed by atoms with E-state index in [1.54, 1.807) is 0 Å². The lowest BCUT2D eigenvalue weighted by Gasteiger charge is -2.44. The summed E-state index contributed by atoms with van der Waals surface area (Å²) in [5.41, 5.74) is 1.76. The third kappa shape index (κ3) is 1.57. The molecule has 0 radical (unpaired) electrons. The highest BCUT2D eigenvalue weighted by Gasteiger charge is 2.38. The van der Waals surface area contributed by atoms with E-state index in [0.29, 0.717) is 13.1 Å². The summed E-state index contributed by atoms with van der Waals surface area (Å²) < 4.78 is 0. The number of para-hydroxylation sites is 2. The van der Waals surface area contributed by atoms with Gasteiger partial charge in [-0.1, -0.05) is 12.1 Å². The number of carbonyl (C=O) groups is 2. The number of rotatable bonds is 0. The first kappa shape index (κ1) is 10.9. The minimum atomic E-state index is -0.971. The minimum absolute atomic E-state index is 0.139.